The minimum absolute atomic E-state index is 0.0999. The van der Waals surface area contributed by atoms with Gasteiger partial charge in [0.2, 0.25) is 0 Å². The Hall–Kier alpha value is -1.78. The first-order valence-corrected chi connectivity index (χ1v) is 7.83. The maximum absolute atomic E-state index is 13.4. The second-order valence-corrected chi connectivity index (χ2v) is 6.23. The lowest BCUT2D eigenvalue weighted by molar-refractivity contribution is 0.630. The van der Waals surface area contributed by atoms with Gasteiger partial charge < -0.3 is 5.32 Å². The van der Waals surface area contributed by atoms with E-state index < -0.39 is 0 Å². The second kappa shape index (κ2) is 5.92. The van der Waals surface area contributed by atoms with Crippen molar-refractivity contribution in [3.63, 3.8) is 0 Å². The second-order valence-electron chi connectivity index (χ2n) is 5.12. The van der Waals surface area contributed by atoms with Gasteiger partial charge in [-0.3, -0.25) is 4.98 Å². The number of halogens is 1. The summed E-state index contributed by atoms with van der Waals surface area (Å²) in [5.41, 5.74) is 2.28. The molecule has 0 fully saturated rings. The first-order chi connectivity index (χ1) is 10.2. The van der Waals surface area contributed by atoms with Gasteiger partial charge in [0.15, 0.2) is 0 Å². The molecule has 0 aliphatic rings. The molecule has 1 atom stereocenters. The van der Waals surface area contributed by atoms with E-state index in [2.05, 4.69) is 29.4 Å². The summed E-state index contributed by atoms with van der Waals surface area (Å²) in [6, 6.07) is 9.32. The van der Waals surface area contributed by atoms with E-state index in [4.69, 9.17) is 0 Å². The van der Waals surface area contributed by atoms with E-state index in [1.165, 1.54) is 10.9 Å². The predicted molar refractivity (Wildman–Crippen MR) is 86.3 cm³/mol. The predicted octanol–water partition coefficient (Wildman–Crippen LogP) is 4.44. The highest BCUT2D eigenvalue weighted by atomic mass is 32.1. The molecular formula is C17H17FN2S. The third-order valence-corrected chi connectivity index (χ3v) is 4.59. The molecule has 21 heavy (non-hydrogen) atoms. The minimum atomic E-state index is -0.187. The first-order valence-electron chi connectivity index (χ1n) is 7.01. The standard InChI is InChI=1S/C17H17FN2S/c1-3-20-17(13-6-11(2)9-19-10-13)16-7-12-4-5-14(18)8-15(12)21-16/h4-10,17,20H,3H2,1-2H3. The van der Waals surface area contributed by atoms with Crippen molar-refractivity contribution in [1.29, 1.82) is 0 Å². The van der Waals surface area contributed by atoms with Crippen molar-refractivity contribution in [3.8, 4) is 0 Å². The van der Waals surface area contributed by atoms with Crippen LogP contribution in [0.5, 0.6) is 0 Å². The molecule has 0 saturated heterocycles. The molecule has 108 valence electrons. The van der Waals surface area contributed by atoms with Gasteiger partial charge in [-0.05, 0) is 48.2 Å². The Morgan fingerprint density at radius 1 is 1.24 bits per heavy atom. The Morgan fingerprint density at radius 2 is 2.10 bits per heavy atom. The summed E-state index contributed by atoms with van der Waals surface area (Å²) in [5.74, 6) is -0.187. The van der Waals surface area contributed by atoms with E-state index in [1.54, 1.807) is 17.4 Å². The van der Waals surface area contributed by atoms with Crippen molar-refractivity contribution in [1.82, 2.24) is 10.3 Å². The lowest BCUT2D eigenvalue weighted by Crippen LogP contribution is -2.21. The summed E-state index contributed by atoms with van der Waals surface area (Å²) in [4.78, 5) is 5.47. The van der Waals surface area contributed by atoms with Crippen molar-refractivity contribution in [2.24, 2.45) is 0 Å². The number of hydrogen-bond donors (Lipinski definition) is 1. The molecule has 4 heteroatoms. The number of pyridine rings is 1. The van der Waals surface area contributed by atoms with E-state index in [9.17, 15) is 4.39 Å². The Bertz CT molecular complexity index is 766. The largest absolute Gasteiger partial charge is 0.306 e. The normalized spacial score (nSPS) is 12.7. The van der Waals surface area contributed by atoms with Crippen molar-refractivity contribution < 1.29 is 4.39 Å². The molecule has 1 N–H and O–H groups in total. The van der Waals surface area contributed by atoms with Gasteiger partial charge in [0.1, 0.15) is 5.82 Å². The maximum Gasteiger partial charge on any atom is 0.124 e. The zero-order valence-electron chi connectivity index (χ0n) is 12.1. The highest BCUT2D eigenvalue weighted by Crippen LogP contribution is 2.33. The topological polar surface area (TPSA) is 24.9 Å². The van der Waals surface area contributed by atoms with Crippen molar-refractivity contribution in [3.05, 3.63) is 64.5 Å². The van der Waals surface area contributed by atoms with Crippen LogP contribution in [0.4, 0.5) is 4.39 Å². The quantitative estimate of drug-likeness (QED) is 0.770. The molecule has 2 nitrogen and oxygen atoms in total. The molecule has 0 radical (unpaired) electrons. The molecule has 0 amide bonds. The molecular weight excluding hydrogens is 283 g/mol. The monoisotopic (exact) mass is 300 g/mol. The summed E-state index contributed by atoms with van der Waals surface area (Å²) >= 11 is 1.63. The van der Waals surface area contributed by atoms with Gasteiger partial charge in [-0.25, -0.2) is 4.39 Å². The SMILES string of the molecule is CCNC(c1cncc(C)c1)c1cc2ccc(F)cc2s1. The number of thiophene rings is 1. The van der Waals surface area contributed by atoms with Crippen LogP contribution >= 0.6 is 11.3 Å². The molecule has 0 spiro atoms. The van der Waals surface area contributed by atoms with E-state index in [0.717, 1.165) is 27.8 Å². The van der Waals surface area contributed by atoms with Crippen molar-refractivity contribution in [2.75, 3.05) is 6.54 Å². The lowest BCUT2D eigenvalue weighted by Gasteiger charge is -2.16. The molecule has 3 aromatic rings. The van der Waals surface area contributed by atoms with Crippen molar-refractivity contribution in [2.45, 2.75) is 19.9 Å². The Labute approximate surface area is 127 Å². The zero-order valence-corrected chi connectivity index (χ0v) is 12.9. The van der Waals surface area contributed by atoms with Crippen LogP contribution in [0.2, 0.25) is 0 Å². The summed E-state index contributed by atoms with van der Waals surface area (Å²) < 4.78 is 14.3. The van der Waals surface area contributed by atoms with Gasteiger partial charge in [-0.15, -0.1) is 11.3 Å². The number of hydrogen-bond acceptors (Lipinski definition) is 3. The van der Waals surface area contributed by atoms with Crippen LogP contribution in [-0.2, 0) is 0 Å². The van der Waals surface area contributed by atoms with Crippen LogP contribution in [-0.4, -0.2) is 11.5 Å². The summed E-state index contributed by atoms with van der Waals surface area (Å²) in [7, 11) is 0. The maximum atomic E-state index is 13.4. The number of nitrogens with zero attached hydrogens (tertiary/aromatic N) is 1. The Kier molecular flexibility index (Phi) is 3.99. The summed E-state index contributed by atoms with van der Waals surface area (Å²) in [6.07, 6.45) is 3.75. The molecule has 1 unspecified atom stereocenters. The summed E-state index contributed by atoms with van der Waals surface area (Å²) in [6.45, 7) is 4.99. The number of rotatable bonds is 4. The number of aromatic nitrogens is 1. The molecule has 0 bridgehead atoms. The first kappa shape index (κ1) is 14.2. The van der Waals surface area contributed by atoms with Gasteiger partial charge in [-0.2, -0.15) is 0 Å². The molecule has 1 aromatic carbocycles. The fourth-order valence-electron chi connectivity index (χ4n) is 2.49. The van der Waals surface area contributed by atoms with Gasteiger partial charge in [0.05, 0.1) is 6.04 Å². The van der Waals surface area contributed by atoms with Crippen LogP contribution in [0.1, 0.15) is 29.0 Å². The highest BCUT2D eigenvalue weighted by Gasteiger charge is 2.16. The highest BCUT2D eigenvalue weighted by molar-refractivity contribution is 7.19. The number of fused-ring (bicyclic) bond motifs is 1. The van der Waals surface area contributed by atoms with E-state index in [0.29, 0.717) is 0 Å². The van der Waals surface area contributed by atoms with Crippen LogP contribution in [0.15, 0.2) is 42.7 Å². The molecule has 2 aromatic heterocycles. The molecule has 0 aliphatic heterocycles. The van der Waals surface area contributed by atoms with Crippen LogP contribution in [0, 0.1) is 12.7 Å². The third-order valence-electron chi connectivity index (χ3n) is 3.42. The third kappa shape index (κ3) is 2.96. The fourth-order valence-corrected chi connectivity index (χ4v) is 3.68. The summed E-state index contributed by atoms with van der Waals surface area (Å²) in [5, 5.41) is 4.58. The van der Waals surface area contributed by atoms with Crippen LogP contribution in [0.3, 0.4) is 0 Å². The average molecular weight is 300 g/mol. The molecule has 0 saturated carbocycles. The minimum Gasteiger partial charge on any atom is -0.306 e. The lowest BCUT2D eigenvalue weighted by atomic mass is 10.1. The number of aryl methyl sites for hydroxylation is 1. The van der Waals surface area contributed by atoms with Crippen LogP contribution in [0.25, 0.3) is 10.1 Å². The molecule has 0 aliphatic carbocycles. The molecule has 2 heterocycles. The number of nitrogens with one attached hydrogen (secondary N) is 1. The number of benzene rings is 1. The van der Waals surface area contributed by atoms with Crippen molar-refractivity contribution >= 4 is 21.4 Å². The van der Waals surface area contributed by atoms with E-state index >= 15 is 0 Å². The van der Waals surface area contributed by atoms with E-state index in [-0.39, 0.29) is 11.9 Å². The Balaban J connectivity index is 2.06. The van der Waals surface area contributed by atoms with Gasteiger partial charge in [-0.1, -0.05) is 19.1 Å². The Morgan fingerprint density at radius 3 is 2.86 bits per heavy atom. The van der Waals surface area contributed by atoms with E-state index in [1.807, 2.05) is 25.4 Å². The van der Waals surface area contributed by atoms with Gasteiger partial charge >= 0.3 is 0 Å². The van der Waals surface area contributed by atoms with Gasteiger partial charge in [0, 0.05) is 22.0 Å². The van der Waals surface area contributed by atoms with Gasteiger partial charge in [0.25, 0.3) is 0 Å². The van der Waals surface area contributed by atoms with Crippen LogP contribution < -0.4 is 5.32 Å². The average Bonchev–Trinajstić information content (AvgIpc) is 2.87. The smallest absolute Gasteiger partial charge is 0.124 e. The zero-order chi connectivity index (χ0) is 14.8. The molecule has 3 rings (SSSR count). The fraction of sp³-hybridized carbons (Fsp3) is 0.235.